The highest BCUT2D eigenvalue weighted by molar-refractivity contribution is 7.14. The van der Waals surface area contributed by atoms with Crippen LogP contribution in [-0.2, 0) is 11.2 Å². The van der Waals surface area contributed by atoms with E-state index in [1.807, 2.05) is 35.7 Å². The minimum absolute atomic E-state index is 0.134. The first-order chi connectivity index (χ1) is 13.6. The van der Waals surface area contributed by atoms with Crippen molar-refractivity contribution in [2.45, 2.75) is 20.3 Å². The third-order valence-electron chi connectivity index (χ3n) is 4.32. The fraction of sp³-hybridized carbons (Fsp3) is 0.136. The molecule has 5 nitrogen and oxygen atoms in total. The van der Waals surface area contributed by atoms with Crippen LogP contribution in [0.4, 0.5) is 5.13 Å². The third kappa shape index (κ3) is 4.02. The lowest BCUT2D eigenvalue weighted by atomic mass is 10.0. The number of carbonyl (C=O) groups excluding carboxylic acids is 1. The van der Waals surface area contributed by atoms with Crippen molar-refractivity contribution < 1.29 is 9.21 Å². The molecule has 140 valence electrons. The molecule has 6 heteroatoms. The smallest absolute Gasteiger partial charge is 0.232 e. The summed E-state index contributed by atoms with van der Waals surface area (Å²) in [6.45, 7) is 4.13. The van der Waals surface area contributed by atoms with E-state index in [4.69, 9.17) is 4.42 Å². The van der Waals surface area contributed by atoms with Crippen molar-refractivity contribution in [2.24, 2.45) is 0 Å². The first-order valence-electron chi connectivity index (χ1n) is 8.91. The molecule has 0 bridgehead atoms. The maximum absolute atomic E-state index is 12.4. The van der Waals surface area contributed by atoms with Crippen molar-refractivity contribution in [3.8, 4) is 22.7 Å². The highest BCUT2D eigenvalue weighted by Crippen LogP contribution is 2.28. The van der Waals surface area contributed by atoms with Gasteiger partial charge in [0, 0.05) is 16.5 Å². The van der Waals surface area contributed by atoms with E-state index in [9.17, 15) is 4.79 Å². The molecule has 28 heavy (non-hydrogen) atoms. The number of hydrogen-bond donors (Lipinski definition) is 1. The molecule has 0 fully saturated rings. The topological polar surface area (TPSA) is 68.0 Å². The van der Waals surface area contributed by atoms with E-state index in [1.165, 1.54) is 28.7 Å². The molecule has 0 aliphatic rings. The van der Waals surface area contributed by atoms with Crippen molar-refractivity contribution >= 4 is 22.4 Å². The summed E-state index contributed by atoms with van der Waals surface area (Å²) in [4.78, 5) is 21.3. The van der Waals surface area contributed by atoms with Gasteiger partial charge in [-0.1, -0.05) is 42.0 Å². The lowest BCUT2D eigenvalue weighted by Gasteiger charge is -2.03. The van der Waals surface area contributed by atoms with Crippen LogP contribution in [-0.4, -0.2) is 15.9 Å². The number of nitrogens with zero attached hydrogens (tertiary/aromatic N) is 2. The molecular formula is C22H19N3O2S. The van der Waals surface area contributed by atoms with Gasteiger partial charge in [0.15, 0.2) is 5.13 Å². The van der Waals surface area contributed by atoms with Gasteiger partial charge >= 0.3 is 0 Å². The first kappa shape index (κ1) is 18.1. The van der Waals surface area contributed by atoms with E-state index >= 15 is 0 Å². The molecule has 0 spiro atoms. The number of carbonyl (C=O) groups is 1. The summed E-state index contributed by atoms with van der Waals surface area (Å²) in [6, 6.07) is 15.9. The quantitative estimate of drug-likeness (QED) is 0.505. The Balaban J connectivity index is 1.42. The largest absolute Gasteiger partial charge is 0.444 e. The predicted octanol–water partition coefficient (Wildman–Crippen LogP) is 5.26. The van der Waals surface area contributed by atoms with E-state index in [0.29, 0.717) is 16.7 Å². The second-order valence-corrected chi connectivity index (χ2v) is 7.45. The van der Waals surface area contributed by atoms with Gasteiger partial charge in [-0.3, -0.25) is 4.79 Å². The molecule has 0 radical (unpaired) electrons. The maximum Gasteiger partial charge on any atom is 0.232 e. The Kier molecular flexibility index (Phi) is 5.04. The number of aromatic nitrogens is 2. The minimum Gasteiger partial charge on any atom is -0.444 e. The summed E-state index contributed by atoms with van der Waals surface area (Å²) >= 11 is 1.41. The molecule has 0 aliphatic heterocycles. The van der Waals surface area contributed by atoms with Crippen LogP contribution in [0.25, 0.3) is 22.7 Å². The van der Waals surface area contributed by atoms with Gasteiger partial charge in [0.2, 0.25) is 11.8 Å². The Bertz CT molecular complexity index is 1120. The third-order valence-corrected chi connectivity index (χ3v) is 5.08. The normalized spacial score (nSPS) is 10.8. The Morgan fingerprint density at radius 2 is 1.93 bits per heavy atom. The number of thiazole rings is 1. The highest BCUT2D eigenvalue weighted by atomic mass is 32.1. The molecule has 2 heterocycles. The van der Waals surface area contributed by atoms with Gasteiger partial charge in [0.05, 0.1) is 17.8 Å². The SMILES string of the molecule is Cc1ccc(-c2csc(NC(=O)Cc3coc(-c4ccccc4)n3)n2)c(C)c1. The van der Waals surface area contributed by atoms with E-state index in [-0.39, 0.29) is 12.3 Å². The molecule has 1 N–H and O–H groups in total. The summed E-state index contributed by atoms with van der Waals surface area (Å²) in [5.41, 5.74) is 5.79. The number of anilines is 1. The van der Waals surface area contributed by atoms with Gasteiger partial charge in [-0.25, -0.2) is 9.97 Å². The second kappa shape index (κ2) is 7.78. The number of oxazole rings is 1. The monoisotopic (exact) mass is 389 g/mol. The van der Waals surface area contributed by atoms with Gasteiger partial charge < -0.3 is 9.73 Å². The van der Waals surface area contributed by atoms with Crippen molar-refractivity contribution in [3.63, 3.8) is 0 Å². The van der Waals surface area contributed by atoms with Crippen LogP contribution in [0, 0.1) is 13.8 Å². The van der Waals surface area contributed by atoms with Gasteiger partial charge in [-0.05, 0) is 31.5 Å². The zero-order valence-electron chi connectivity index (χ0n) is 15.6. The second-order valence-electron chi connectivity index (χ2n) is 6.59. The van der Waals surface area contributed by atoms with Crippen LogP contribution in [0.15, 0.2) is 64.6 Å². The Morgan fingerprint density at radius 3 is 2.71 bits per heavy atom. The number of benzene rings is 2. The molecule has 0 aliphatic carbocycles. The lowest BCUT2D eigenvalue weighted by Crippen LogP contribution is -2.14. The number of rotatable bonds is 5. The van der Waals surface area contributed by atoms with Crippen LogP contribution in [0.1, 0.15) is 16.8 Å². The van der Waals surface area contributed by atoms with E-state index < -0.39 is 0 Å². The van der Waals surface area contributed by atoms with Crippen LogP contribution in [0.5, 0.6) is 0 Å². The average Bonchev–Trinajstić information content (AvgIpc) is 3.32. The fourth-order valence-electron chi connectivity index (χ4n) is 2.99. The summed E-state index contributed by atoms with van der Waals surface area (Å²) in [5, 5.41) is 5.38. The maximum atomic E-state index is 12.4. The van der Waals surface area contributed by atoms with E-state index in [1.54, 1.807) is 0 Å². The van der Waals surface area contributed by atoms with E-state index in [2.05, 4.69) is 47.3 Å². The summed E-state index contributed by atoms with van der Waals surface area (Å²) in [7, 11) is 0. The highest BCUT2D eigenvalue weighted by Gasteiger charge is 2.13. The molecule has 0 saturated heterocycles. The molecule has 0 unspecified atom stereocenters. The summed E-state index contributed by atoms with van der Waals surface area (Å²) in [5.74, 6) is 0.337. The molecule has 2 aromatic carbocycles. The summed E-state index contributed by atoms with van der Waals surface area (Å²) in [6.07, 6.45) is 1.65. The zero-order chi connectivity index (χ0) is 19.5. The number of nitrogens with one attached hydrogen (secondary N) is 1. The number of aryl methyl sites for hydroxylation is 2. The molecule has 1 amide bonds. The Hall–Kier alpha value is -3.25. The molecule has 4 aromatic rings. The molecule has 0 saturated carbocycles. The Morgan fingerprint density at radius 1 is 1.11 bits per heavy atom. The van der Waals surface area contributed by atoms with E-state index in [0.717, 1.165) is 16.8 Å². The van der Waals surface area contributed by atoms with Gasteiger partial charge in [0.25, 0.3) is 0 Å². The number of hydrogen-bond acceptors (Lipinski definition) is 5. The molecular weight excluding hydrogens is 370 g/mol. The zero-order valence-corrected chi connectivity index (χ0v) is 16.4. The van der Waals surface area contributed by atoms with Crippen LogP contribution in [0.3, 0.4) is 0 Å². The van der Waals surface area contributed by atoms with Crippen molar-refractivity contribution in [3.05, 3.63) is 77.0 Å². The van der Waals surface area contributed by atoms with Gasteiger partial charge in [-0.15, -0.1) is 11.3 Å². The summed E-state index contributed by atoms with van der Waals surface area (Å²) < 4.78 is 5.48. The van der Waals surface area contributed by atoms with Gasteiger partial charge in [0.1, 0.15) is 6.26 Å². The van der Waals surface area contributed by atoms with Crippen molar-refractivity contribution in [1.82, 2.24) is 9.97 Å². The molecule has 2 aromatic heterocycles. The van der Waals surface area contributed by atoms with Crippen molar-refractivity contribution in [1.29, 1.82) is 0 Å². The standard InChI is InChI=1S/C22H19N3O2S/c1-14-8-9-18(15(2)10-14)19-13-28-22(24-19)25-20(26)11-17-12-27-21(23-17)16-6-4-3-5-7-16/h3-10,12-13H,11H2,1-2H3,(H,24,25,26). The Labute approximate surface area is 167 Å². The molecule has 0 atom stereocenters. The van der Waals surface area contributed by atoms with Crippen LogP contribution in [0.2, 0.25) is 0 Å². The molecule has 4 rings (SSSR count). The van der Waals surface area contributed by atoms with Crippen LogP contribution < -0.4 is 5.32 Å². The first-order valence-corrected chi connectivity index (χ1v) is 9.79. The van der Waals surface area contributed by atoms with Crippen LogP contribution >= 0.6 is 11.3 Å². The number of amides is 1. The van der Waals surface area contributed by atoms with Gasteiger partial charge in [-0.2, -0.15) is 0 Å². The predicted molar refractivity (Wildman–Crippen MR) is 111 cm³/mol. The minimum atomic E-state index is -0.172. The average molecular weight is 389 g/mol. The van der Waals surface area contributed by atoms with Crippen molar-refractivity contribution in [2.75, 3.05) is 5.32 Å². The fourth-order valence-corrected chi connectivity index (χ4v) is 3.71. The lowest BCUT2D eigenvalue weighted by molar-refractivity contribution is -0.115.